The van der Waals surface area contributed by atoms with Crippen LogP contribution in [0.1, 0.15) is 0 Å². The van der Waals surface area contributed by atoms with E-state index < -0.39 is 0 Å². The summed E-state index contributed by atoms with van der Waals surface area (Å²) in [6.45, 7) is 0. The highest BCUT2D eigenvalue weighted by Crippen LogP contribution is 2.42. The Labute approximate surface area is 327 Å². The lowest BCUT2D eigenvalue weighted by atomic mass is 9.97. The van der Waals surface area contributed by atoms with Crippen LogP contribution in [0.15, 0.2) is 192 Å². The van der Waals surface area contributed by atoms with Gasteiger partial charge in [-0.15, -0.1) is 11.3 Å². The number of benzene rings is 8. The summed E-state index contributed by atoms with van der Waals surface area (Å²) in [6.07, 6.45) is 0. The van der Waals surface area contributed by atoms with Gasteiger partial charge in [-0.2, -0.15) is 0 Å². The van der Waals surface area contributed by atoms with E-state index in [-0.39, 0.29) is 0 Å². The monoisotopic (exact) mass is 733 g/mol. The normalized spacial score (nSPS) is 11.6. The molecule has 0 unspecified atom stereocenters. The van der Waals surface area contributed by atoms with Gasteiger partial charge in [0.05, 0.1) is 0 Å². The number of hydrogen-bond acceptors (Lipinski definition) is 5. The molecule has 3 heterocycles. The van der Waals surface area contributed by atoms with E-state index in [1.807, 2.05) is 30.3 Å². The Morgan fingerprint density at radius 3 is 1.70 bits per heavy atom. The van der Waals surface area contributed by atoms with Crippen molar-refractivity contribution in [1.29, 1.82) is 0 Å². The maximum atomic E-state index is 6.37. The van der Waals surface area contributed by atoms with Crippen molar-refractivity contribution in [3.63, 3.8) is 0 Å². The van der Waals surface area contributed by atoms with Gasteiger partial charge in [0.1, 0.15) is 11.2 Å². The highest BCUT2D eigenvalue weighted by molar-refractivity contribution is 7.26. The Morgan fingerprint density at radius 1 is 0.339 bits per heavy atom. The molecule has 0 bridgehead atoms. The highest BCUT2D eigenvalue weighted by atomic mass is 32.1. The van der Waals surface area contributed by atoms with Gasteiger partial charge in [-0.3, -0.25) is 0 Å². The fourth-order valence-corrected chi connectivity index (χ4v) is 8.93. The number of furan rings is 1. The second-order valence-corrected chi connectivity index (χ2v) is 15.1. The molecule has 0 saturated heterocycles. The lowest BCUT2D eigenvalue weighted by Crippen LogP contribution is -2.00. The average Bonchev–Trinajstić information content (AvgIpc) is 3.85. The number of rotatable bonds is 6. The molecule has 0 spiro atoms. The first-order valence-corrected chi connectivity index (χ1v) is 19.5. The summed E-state index contributed by atoms with van der Waals surface area (Å²) in [5, 5.41) is 4.57. The second kappa shape index (κ2) is 13.3. The third-order valence-electron chi connectivity index (χ3n) is 10.6. The summed E-state index contributed by atoms with van der Waals surface area (Å²) in [6, 6.07) is 65.7. The van der Waals surface area contributed by atoms with E-state index >= 15 is 0 Å². The van der Waals surface area contributed by atoms with Gasteiger partial charge in [0.15, 0.2) is 17.5 Å². The van der Waals surface area contributed by atoms with Crippen molar-refractivity contribution in [2.75, 3.05) is 0 Å². The van der Waals surface area contributed by atoms with Gasteiger partial charge in [0, 0.05) is 53.2 Å². The molecule has 11 aromatic rings. The maximum Gasteiger partial charge on any atom is 0.164 e. The molecule has 0 atom stereocenters. The summed E-state index contributed by atoms with van der Waals surface area (Å²) in [4.78, 5) is 15.4. The quantitative estimate of drug-likeness (QED) is 0.171. The molecule has 4 nitrogen and oxygen atoms in total. The van der Waals surface area contributed by atoms with Crippen LogP contribution in [-0.2, 0) is 0 Å². The smallest absolute Gasteiger partial charge is 0.164 e. The number of nitrogens with zero attached hydrogens (tertiary/aromatic N) is 3. The molecule has 262 valence electrons. The predicted molar refractivity (Wildman–Crippen MR) is 233 cm³/mol. The van der Waals surface area contributed by atoms with Crippen molar-refractivity contribution in [2.24, 2.45) is 0 Å². The van der Waals surface area contributed by atoms with Crippen LogP contribution in [0.25, 0.3) is 110 Å². The third-order valence-corrected chi connectivity index (χ3v) is 11.7. The van der Waals surface area contributed by atoms with Crippen LogP contribution < -0.4 is 0 Å². The lowest BCUT2D eigenvalue weighted by molar-refractivity contribution is 0.670. The SMILES string of the molecule is c1ccc(-c2cccc(-c3ccc4sc5cccc(-c6nc(-c7ccccc7)nc(-c7ccc(-c8cccc9c8oc8ccccc89)cc7)n6)c5c4c3)c2)cc1. The third kappa shape index (κ3) is 5.56. The van der Waals surface area contributed by atoms with Gasteiger partial charge < -0.3 is 4.42 Å². The van der Waals surface area contributed by atoms with Gasteiger partial charge in [0.2, 0.25) is 0 Å². The summed E-state index contributed by atoms with van der Waals surface area (Å²) in [5.41, 5.74) is 11.5. The number of thiophene rings is 1. The molecule has 0 fully saturated rings. The van der Waals surface area contributed by atoms with Crippen LogP contribution >= 0.6 is 11.3 Å². The van der Waals surface area contributed by atoms with Crippen molar-refractivity contribution in [3.8, 4) is 67.5 Å². The molecule has 0 aliphatic heterocycles. The minimum Gasteiger partial charge on any atom is -0.455 e. The van der Waals surface area contributed by atoms with Gasteiger partial charge in [-0.25, -0.2) is 15.0 Å². The number of hydrogen-bond donors (Lipinski definition) is 0. The fraction of sp³-hybridized carbons (Fsp3) is 0. The van der Waals surface area contributed by atoms with Crippen LogP contribution in [0.2, 0.25) is 0 Å². The molecule has 0 radical (unpaired) electrons. The van der Waals surface area contributed by atoms with E-state index in [0.29, 0.717) is 17.5 Å². The van der Waals surface area contributed by atoms with Gasteiger partial charge in [0.25, 0.3) is 0 Å². The summed E-state index contributed by atoms with van der Waals surface area (Å²) in [7, 11) is 0. The molecule has 0 aliphatic carbocycles. The van der Waals surface area contributed by atoms with E-state index in [9.17, 15) is 0 Å². The number of para-hydroxylation sites is 2. The van der Waals surface area contributed by atoms with Crippen LogP contribution in [-0.4, -0.2) is 15.0 Å². The Balaban J connectivity index is 1.04. The first-order valence-electron chi connectivity index (χ1n) is 18.7. The van der Waals surface area contributed by atoms with Crippen molar-refractivity contribution >= 4 is 53.4 Å². The molecular formula is C51H31N3OS. The molecule has 0 amide bonds. The molecule has 3 aromatic heterocycles. The molecular weight excluding hydrogens is 703 g/mol. The molecule has 56 heavy (non-hydrogen) atoms. The Bertz CT molecular complexity index is 3240. The summed E-state index contributed by atoms with van der Waals surface area (Å²) in [5.74, 6) is 1.90. The molecule has 5 heteroatoms. The minimum atomic E-state index is 0.623. The Morgan fingerprint density at radius 2 is 0.893 bits per heavy atom. The van der Waals surface area contributed by atoms with E-state index in [1.165, 1.54) is 37.0 Å². The second-order valence-electron chi connectivity index (χ2n) is 14.0. The van der Waals surface area contributed by atoms with E-state index in [0.717, 1.165) is 55.1 Å². The lowest BCUT2D eigenvalue weighted by Gasteiger charge is -2.10. The van der Waals surface area contributed by atoms with Crippen molar-refractivity contribution in [1.82, 2.24) is 15.0 Å². The molecule has 0 aliphatic rings. The number of aromatic nitrogens is 3. The number of fused-ring (bicyclic) bond motifs is 6. The summed E-state index contributed by atoms with van der Waals surface area (Å²) < 4.78 is 8.78. The Kier molecular flexibility index (Phi) is 7.64. The first kappa shape index (κ1) is 32.2. The van der Waals surface area contributed by atoms with Crippen molar-refractivity contribution < 1.29 is 4.42 Å². The molecule has 0 saturated carbocycles. The average molecular weight is 734 g/mol. The zero-order valence-electron chi connectivity index (χ0n) is 30.1. The standard InChI is InChI=1S/C51H31N3OS/c1-3-12-32(13-4-1)36-16-9-17-37(30-36)38-28-29-45-43(31-38)47-42(21-11-23-46(47)56-45)51-53-49(34-14-5-2-6-15-34)52-50(54-51)35-26-24-33(25-27-35)39-19-10-20-41-40-18-7-8-22-44(40)55-48(39)41/h1-31H. The molecule has 11 rings (SSSR count). The van der Waals surface area contributed by atoms with Crippen LogP contribution in [0, 0.1) is 0 Å². The topological polar surface area (TPSA) is 51.8 Å². The zero-order chi connectivity index (χ0) is 37.0. The fourth-order valence-electron chi connectivity index (χ4n) is 7.82. The zero-order valence-corrected chi connectivity index (χ0v) is 30.9. The van der Waals surface area contributed by atoms with Crippen molar-refractivity contribution in [2.45, 2.75) is 0 Å². The molecule has 8 aromatic carbocycles. The van der Waals surface area contributed by atoms with Crippen LogP contribution in [0.3, 0.4) is 0 Å². The predicted octanol–water partition coefficient (Wildman–Crippen LogP) is 14.1. The van der Waals surface area contributed by atoms with E-state index in [1.54, 1.807) is 11.3 Å². The Hall–Kier alpha value is -7.21. The van der Waals surface area contributed by atoms with Gasteiger partial charge in [-0.05, 0) is 58.1 Å². The highest BCUT2D eigenvalue weighted by Gasteiger charge is 2.18. The van der Waals surface area contributed by atoms with Crippen LogP contribution in [0.4, 0.5) is 0 Å². The van der Waals surface area contributed by atoms with E-state index in [4.69, 9.17) is 19.4 Å². The maximum absolute atomic E-state index is 6.37. The minimum absolute atomic E-state index is 0.623. The van der Waals surface area contributed by atoms with Crippen molar-refractivity contribution in [3.05, 3.63) is 188 Å². The molecule has 0 N–H and O–H groups in total. The largest absolute Gasteiger partial charge is 0.455 e. The first-order chi connectivity index (χ1) is 27.7. The van der Waals surface area contributed by atoms with Crippen LogP contribution in [0.5, 0.6) is 0 Å². The summed E-state index contributed by atoms with van der Waals surface area (Å²) >= 11 is 1.80. The van der Waals surface area contributed by atoms with E-state index in [2.05, 4.69) is 158 Å². The van der Waals surface area contributed by atoms with Gasteiger partial charge in [-0.1, -0.05) is 158 Å². The van der Waals surface area contributed by atoms with Gasteiger partial charge >= 0.3 is 0 Å².